The maximum Gasteiger partial charge on any atom is 0.245 e. The molecule has 21 heavy (non-hydrogen) atoms. The molecule has 1 aliphatic rings. The molecule has 2 N–H and O–H groups in total. The Morgan fingerprint density at radius 2 is 1.95 bits per heavy atom. The van der Waals surface area contributed by atoms with Gasteiger partial charge in [-0.05, 0) is 58.0 Å². The van der Waals surface area contributed by atoms with Crippen molar-refractivity contribution in [2.24, 2.45) is 0 Å². The highest BCUT2D eigenvalue weighted by atomic mass is 32.2. The molecule has 1 saturated heterocycles. The van der Waals surface area contributed by atoms with E-state index in [1.54, 1.807) is 10.4 Å². The number of rotatable bonds is 3. The fourth-order valence-corrected chi connectivity index (χ4v) is 4.75. The van der Waals surface area contributed by atoms with Gasteiger partial charge in [-0.3, -0.25) is 0 Å². The van der Waals surface area contributed by atoms with Gasteiger partial charge in [-0.2, -0.15) is 4.31 Å². The van der Waals surface area contributed by atoms with Crippen molar-refractivity contribution in [3.05, 3.63) is 23.3 Å². The summed E-state index contributed by atoms with van der Waals surface area (Å²) in [6, 6.07) is 3.81. The van der Waals surface area contributed by atoms with E-state index in [4.69, 9.17) is 5.73 Å². The number of benzene rings is 1. The van der Waals surface area contributed by atoms with E-state index < -0.39 is 10.0 Å². The van der Waals surface area contributed by atoms with E-state index in [1.807, 2.05) is 34.0 Å². The Morgan fingerprint density at radius 3 is 2.57 bits per heavy atom. The van der Waals surface area contributed by atoms with Gasteiger partial charge in [-0.15, -0.1) is 0 Å². The number of nitrogen functional groups attached to an aromatic ring is 1. The molecule has 0 radical (unpaired) electrons. The summed E-state index contributed by atoms with van der Waals surface area (Å²) < 4.78 is 27.5. The second-order valence-corrected chi connectivity index (χ2v) is 7.92. The molecule has 1 atom stereocenters. The summed E-state index contributed by atoms with van der Waals surface area (Å²) in [5.41, 5.74) is 8.00. The minimum atomic E-state index is -3.53. The number of nitrogens with two attached hydrogens (primary N) is 1. The maximum atomic E-state index is 13.0. The van der Waals surface area contributed by atoms with Crippen LogP contribution in [0.15, 0.2) is 17.0 Å². The molecule has 0 aliphatic carbocycles. The van der Waals surface area contributed by atoms with E-state index in [2.05, 4.69) is 4.90 Å². The van der Waals surface area contributed by atoms with Gasteiger partial charge in [0.25, 0.3) is 0 Å². The van der Waals surface area contributed by atoms with Crippen LogP contribution in [0.5, 0.6) is 0 Å². The van der Waals surface area contributed by atoms with Gasteiger partial charge < -0.3 is 10.6 Å². The van der Waals surface area contributed by atoms with Crippen LogP contribution in [0.4, 0.5) is 5.69 Å². The first-order valence-electron chi connectivity index (χ1n) is 7.27. The van der Waals surface area contributed by atoms with Gasteiger partial charge in [-0.25, -0.2) is 8.42 Å². The highest BCUT2D eigenvalue weighted by Gasteiger charge is 2.33. The number of aryl methyl sites for hydroxylation is 1. The summed E-state index contributed by atoms with van der Waals surface area (Å²) in [7, 11) is 0.456. The van der Waals surface area contributed by atoms with Crippen LogP contribution >= 0.6 is 0 Å². The summed E-state index contributed by atoms with van der Waals surface area (Å²) in [5.74, 6) is 0. The van der Waals surface area contributed by atoms with Crippen LogP contribution in [0, 0.1) is 13.8 Å². The maximum absolute atomic E-state index is 13.0. The summed E-state index contributed by atoms with van der Waals surface area (Å²) in [6.45, 7) is 4.83. The Balaban J connectivity index is 2.41. The fourth-order valence-electron chi connectivity index (χ4n) is 2.84. The standard InChI is InChI=1S/C15H25N3O2S/c1-11-7-8-14(16)15(12(11)2)21(19,20)18-9-5-6-13(10-18)17(3)4/h7-8,13H,5-6,9-10,16H2,1-4H3. The average molecular weight is 311 g/mol. The summed E-state index contributed by atoms with van der Waals surface area (Å²) in [6.07, 6.45) is 1.91. The molecule has 1 heterocycles. The molecule has 1 fully saturated rings. The lowest BCUT2D eigenvalue weighted by molar-refractivity contribution is 0.190. The first-order chi connectivity index (χ1) is 9.75. The Hall–Kier alpha value is -1.11. The normalized spacial score (nSPS) is 20.9. The molecule has 0 spiro atoms. The molecular formula is C15H25N3O2S. The van der Waals surface area contributed by atoms with Crippen LogP contribution in [-0.2, 0) is 10.0 Å². The minimum absolute atomic E-state index is 0.264. The Kier molecular flexibility index (Phi) is 4.60. The van der Waals surface area contributed by atoms with Gasteiger partial charge in [0, 0.05) is 19.1 Å². The lowest BCUT2D eigenvalue weighted by Crippen LogP contribution is -2.47. The Bertz CT molecular complexity index is 626. The van der Waals surface area contributed by atoms with Gasteiger partial charge in [0.1, 0.15) is 4.90 Å². The van der Waals surface area contributed by atoms with E-state index in [9.17, 15) is 8.42 Å². The SMILES string of the molecule is Cc1ccc(N)c(S(=O)(=O)N2CCCC(N(C)C)C2)c1C. The molecule has 118 valence electrons. The first kappa shape index (κ1) is 16.3. The predicted octanol–water partition coefficient (Wildman–Crippen LogP) is 1.60. The highest BCUT2D eigenvalue weighted by Crippen LogP contribution is 2.30. The van der Waals surface area contributed by atoms with Crippen molar-refractivity contribution >= 4 is 15.7 Å². The van der Waals surface area contributed by atoms with Crippen molar-refractivity contribution in [1.29, 1.82) is 0 Å². The van der Waals surface area contributed by atoms with Crippen LogP contribution in [0.2, 0.25) is 0 Å². The van der Waals surface area contributed by atoms with Crippen molar-refractivity contribution in [1.82, 2.24) is 9.21 Å². The van der Waals surface area contributed by atoms with E-state index in [0.717, 1.165) is 24.0 Å². The van der Waals surface area contributed by atoms with Crippen LogP contribution in [0.25, 0.3) is 0 Å². The molecule has 2 rings (SSSR count). The number of nitrogens with zero attached hydrogens (tertiary/aromatic N) is 2. The van der Waals surface area contributed by atoms with Gasteiger partial charge in [0.2, 0.25) is 10.0 Å². The summed E-state index contributed by atoms with van der Waals surface area (Å²) in [5, 5.41) is 0. The second kappa shape index (κ2) is 5.94. The van der Waals surface area contributed by atoms with Gasteiger partial charge in [-0.1, -0.05) is 6.07 Å². The monoisotopic (exact) mass is 311 g/mol. The van der Waals surface area contributed by atoms with E-state index >= 15 is 0 Å². The molecule has 1 aromatic rings. The van der Waals surface area contributed by atoms with Crippen LogP contribution in [-0.4, -0.2) is 50.8 Å². The molecule has 0 saturated carbocycles. The number of piperidine rings is 1. The summed E-state index contributed by atoms with van der Waals surface area (Å²) >= 11 is 0. The van der Waals surface area contributed by atoms with Crippen LogP contribution in [0.1, 0.15) is 24.0 Å². The number of hydrogen-bond donors (Lipinski definition) is 1. The number of sulfonamides is 1. The van der Waals surface area contributed by atoms with Gasteiger partial charge in [0.15, 0.2) is 0 Å². The third-order valence-electron chi connectivity index (χ3n) is 4.39. The Labute approximate surface area is 127 Å². The number of hydrogen-bond acceptors (Lipinski definition) is 4. The zero-order valence-electron chi connectivity index (χ0n) is 13.3. The third kappa shape index (κ3) is 3.07. The van der Waals surface area contributed by atoms with Crippen molar-refractivity contribution in [2.45, 2.75) is 37.6 Å². The van der Waals surface area contributed by atoms with Crippen molar-refractivity contribution in [2.75, 3.05) is 32.9 Å². The zero-order chi connectivity index (χ0) is 15.8. The van der Waals surface area contributed by atoms with Crippen molar-refractivity contribution in [3.8, 4) is 0 Å². The molecule has 0 aromatic heterocycles. The molecule has 0 bridgehead atoms. The van der Waals surface area contributed by atoms with Gasteiger partial charge >= 0.3 is 0 Å². The second-order valence-electron chi connectivity index (χ2n) is 6.05. The first-order valence-corrected chi connectivity index (χ1v) is 8.71. The van der Waals surface area contributed by atoms with Crippen molar-refractivity contribution < 1.29 is 8.42 Å². The molecule has 1 aliphatic heterocycles. The van der Waals surface area contributed by atoms with E-state index in [-0.39, 0.29) is 10.9 Å². The predicted molar refractivity (Wildman–Crippen MR) is 85.8 cm³/mol. The Morgan fingerprint density at radius 1 is 1.29 bits per heavy atom. The fraction of sp³-hybridized carbons (Fsp3) is 0.600. The van der Waals surface area contributed by atoms with Crippen LogP contribution < -0.4 is 5.73 Å². The largest absolute Gasteiger partial charge is 0.398 e. The topological polar surface area (TPSA) is 66.6 Å². The summed E-state index contributed by atoms with van der Waals surface area (Å²) in [4.78, 5) is 2.37. The average Bonchev–Trinajstić information content (AvgIpc) is 2.43. The molecular weight excluding hydrogens is 286 g/mol. The smallest absolute Gasteiger partial charge is 0.245 e. The molecule has 6 heteroatoms. The third-order valence-corrected chi connectivity index (χ3v) is 6.46. The van der Waals surface area contributed by atoms with E-state index in [1.165, 1.54) is 0 Å². The van der Waals surface area contributed by atoms with E-state index in [0.29, 0.717) is 18.8 Å². The molecule has 5 nitrogen and oxygen atoms in total. The minimum Gasteiger partial charge on any atom is -0.398 e. The van der Waals surface area contributed by atoms with Crippen molar-refractivity contribution in [3.63, 3.8) is 0 Å². The van der Waals surface area contributed by atoms with Crippen LogP contribution in [0.3, 0.4) is 0 Å². The molecule has 1 aromatic carbocycles. The highest BCUT2D eigenvalue weighted by molar-refractivity contribution is 7.89. The molecule has 1 unspecified atom stereocenters. The molecule has 0 amide bonds. The quantitative estimate of drug-likeness (QED) is 0.861. The number of anilines is 1. The van der Waals surface area contributed by atoms with Gasteiger partial charge in [0.05, 0.1) is 5.69 Å². The lowest BCUT2D eigenvalue weighted by Gasteiger charge is -2.35. The number of likely N-dealkylation sites (N-methyl/N-ethyl adjacent to an activating group) is 1. The lowest BCUT2D eigenvalue weighted by atomic mass is 10.1. The zero-order valence-corrected chi connectivity index (χ0v) is 14.1.